The van der Waals surface area contributed by atoms with Crippen LogP contribution in [0.2, 0.25) is 0 Å². The second-order valence-corrected chi connectivity index (χ2v) is 5.93. The number of ether oxygens (including phenoxy) is 2. The fourth-order valence-corrected chi connectivity index (χ4v) is 2.30. The van der Waals surface area contributed by atoms with Gasteiger partial charge in [-0.05, 0) is 36.8 Å². The molecule has 1 amide bonds. The first-order chi connectivity index (χ1) is 13.0. The van der Waals surface area contributed by atoms with Crippen LogP contribution in [0.25, 0.3) is 0 Å². The number of carbonyl (C=O) groups is 3. The van der Waals surface area contributed by atoms with Gasteiger partial charge in [-0.1, -0.05) is 37.3 Å². The third kappa shape index (κ3) is 6.58. The number of nitrogens with one attached hydrogen (secondary N) is 1. The lowest BCUT2D eigenvalue weighted by Gasteiger charge is -2.14. The highest BCUT2D eigenvalue weighted by Crippen LogP contribution is 2.13. The highest BCUT2D eigenvalue weighted by molar-refractivity contribution is 5.95. The lowest BCUT2D eigenvalue weighted by atomic mass is 10.1. The van der Waals surface area contributed by atoms with Crippen LogP contribution < -0.4 is 10.1 Å². The van der Waals surface area contributed by atoms with Crippen LogP contribution in [0.3, 0.4) is 0 Å². The minimum Gasteiger partial charge on any atom is -0.482 e. The van der Waals surface area contributed by atoms with E-state index in [2.05, 4.69) is 5.32 Å². The predicted octanol–water partition coefficient (Wildman–Crippen LogP) is 2.91. The van der Waals surface area contributed by atoms with Crippen LogP contribution in [0.5, 0.6) is 5.75 Å². The average molecular weight is 369 g/mol. The van der Waals surface area contributed by atoms with Gasteiger partial charge in [-0.15, -0.1) is 0 Å². The fraction of sp³-hybridized carbons (Fsp3) is 0.286. The molecule has 0 aromatic heterocycles. The van der Waals surface area contributed by atoms with Gasteiger partial charge >= 0.3 is 5.97 Å². The number of Topliss-reactive ketones (excluding diaryl/α,β-unsaturated/α-hetero) is 1. The summed E-state index contributed by atoms with van der Waals surface area (Å²) in [6.07, 6.45) is -0.495. The molecule has 0 spiro atoms. The lowest BCUT2D eigenvalue weighted by molar-refractivity contribution is -0.156. The van der Waals surface area contributed by atoms with E-state index in [1.807, 2.05) is 30.3 Å². The maximum Gasteiger partial charge on any atom is 0.344 e. The van der Waals surface area contributed by atoms with Gasteiger partial charge in [-0.25, -0.2) is 4.79 Å². The van der Waals surface area contributed by atoms with E-state index in [1.165, 1.54) is 6.92 Å². The molecule has 1 N–H and O–H groups in total. The minimum absolute atomic E-state index is 0.0382. The van der Waals surface area contributed by atoms with Gasteiger partial charge in [0, 0.05) is 18.5 Å². The minimum atomic E-state index is -0.922. The van der Waals surface area contributed by atoms with Crippen molar-refractivity contribution in [3.8, 4) is 5.75 Å². The van der Waals surface area contributed by atoms with Crippen molar-refractivity contribution < 1.29 is 23.9 Å². The molecule has 0 aliphatic rings. The Morgan fingerprint density at radius 2 is 1.67 bits per heavy atom. The molecular formula is C21H23NO5. The molecule has 142 valence electrons. The highest BCUT2D eigenvalue weighted by Gasteiger charge is 2.18. The van der Waals surface area contributed by atoms with Gasteiger partial charge in [-0.2, -0.15) is 0 Å². The number of benzene rings is 2. The standard InChI is InChI=1S/C21H23NO5/c1-3-19(23)17-9-11-18(12-10-17)26-14-20(24)27-15(2)21(25)22-13-16-7-5-4-6-8-16/h4-12,15H,3,13-14H2,1-2H3,(H,22,25)/t15-/m1/s1. The first-order valence-electron chi connectivity index (χ1n) is 8.76. The summed E-state index contributed by atoms with van der Waals surface area (Å²) in [4.78, 5) is 35.4. The van der Waals surface area contributed by atoms with Gasteiger partial charge in [-0.3, -0.25) is 9.59 Å². The van der Waals surface area contributed by atoms with E-state index in [4.69, 9.17) is 9.47 Å². The SMILES string of the molecule is CCC(=O)c1ccc(OCC(=O)O[C@H](C)C(=O)NCc2ccccc2)cc1. The summed E-state index contributed by atoms with van der Waals surface area (Å²) >= 11 is 0. The maximum absolute atomic E-state index is 12.0. The van der Waals surface area contributed by atoms with Crippen molar-refractivity contribution in [1.82, 2.24) is 5.32 Å². The van der Waals surface area contributed by atoms with Gasteiger partial charge < -0.3 is 14.8 Å². The first kappa shape index (κ1) is 20.2. The van der Waals surface area contributed by atoms with Gasteiger partial charge in [0.15, 0.2) is 18.5 Å². The number of amides is 1. The van der Waals surface area contributed by atoms with Crippen LogP contribution in [0.15, 0.2) is 54.6 Å². The van der Waals surface area contributed by atoms with Crippen molar-refractivity contribution >= 4 is 17.7 Å². The van der Waals surface area contributed by atoms with E-state index in [-0.39, 0.29) is 18.3 Å². The second-order valence-electron chi connectivity index (χ2n) is 5.93. The highest BCUT2D eigenvalue weighted by atomic mass is 16.6. The van der Waals surface area contributed by atoms with Gasteiger partial charge in [0.25, 0.3) is 5.91 Å². The van der Waals surface area contributed by atoms with Crippen LogP contribution in [-0.2, 0) is 20.9 Å². The third-order valence-electron chi connectivity index (χ3n) is 3.84. The van der Waals surface area contributed by atoms with Gasteiger partial charge in [0.1, 0.15) is 5.75 Å². The Bertz CT molecular complexity index is 771. The molecule has 6 heteroatoms. The Hall–Kier alpha value is -3.15. The Kier molecular flexibility index (Phi) is 7.55. The summed E-state index contributed by atoms with van der Waals surface area (Å²) in [6.45, 7) is 3.33. The smallest absolute Gasteiger partial charge is 0.344 e. The van der Waals surface area contributed by atoms with E-state index >= 15 is 0 Å². The largest absolute Gasteiger partial charge is 0.482 e. The molecule has 2 aromatic rings. The number of ketones is 1. The molecule has 0 saturated carbocycles. The number of esters is 1. The van der Waals surface area contributed by atoms with Crippen LogP contribution in [0.4, 0.5) is 0 Å². The molecule has 0 bridgehead atoms. The molecule has 0 heterocycles. The molecule has 0 aliphatic heterocycles. The molecule has 0 fully saturated rings. The zero-order valence-electron chi connectivity index (χ0n) is 15.4. The summed E-state index contributed by atoms with van der Waals surface area (Å²) in [5, 5.41) is 2.71. The number of hydrogen-bond donors (Lipinski definition) is 1. The predicted molar refractivity (Wildman–Crippen MR) is 100 cm³/mol. The maximum atomic E-state index is 12.0. The van der Waals surface area contributed by atoms with Crippen molar-refractivity contribution in [3.63, 3.8) is 0 Å². The Labute approximate surface area is 158 Å². The Morgan fingerprint density at radius 1 is 1.00 bits per heavy atom. The Balaban J connectivity index is 1.74. The summed E-state index contributed by atoms with van der Waals surface area (Å²) in [5.74, 6) is -0.544. The van der Waals surface area contributed by atoms with Gasteiger partial charge in [0.2, 0.25) is 0 Å². The quantitative estimate of drug-likeness (QED) is 0.543. The van der Waals surface area contributed by atoms with E-state index in [0.29, 0.717) is 24.3 Å². The van der Waals surface area contributed by atoms with Crippen molar-refractivity contribution in [2.75, 3.05) is 6.61 Å². The lowest BCUT2D eigenvalue weighted by Crippen LogP contribution is -2.36. The molecule has 6 nitrogen and oxygen atoms in total. The molecule has 0 saturated heterocycles. The average Bonchev–Trinajstić information content (AvgIpc) is 2.71. The molecule has 0 unspecified atom stereocenters. The summed E-state index contributed by atoms with van der Waals surface area (Å²) in [7, 11) is 0. The van der Waals surface area contributed by atoms with Crippen molar-refractivity contribution in [2.45, 2.75) is 32.9 Å². The topological polar surface area (TPSA) is 81.7 Å². The van der Waals surface area contributed by atoms with E-state index < -0.39 is 12.1 Å². The van der Waals surface area contributed by atoms with Crippen molar-refractivity contribution in [2.24, 2.45) is 0 Å². The molecule has 2 rings (SSSR count). The first-order valence-corrected chi connectivity index (χ1v) is 8.76. The number of hydrogen-bond acceptors (Lipinski definition) is 5. The van der Waals surface area contributed by atoms with Crippen molar-refractivity contribution in [1.29, 1.82) is 0 Å². The van der Waals surface area contributed by atoms with E-state index in [1.54, 1.807) is 31.2 Å². The zero-order chi connectivity index (χ0) is 19.6. The van der Waals surface area contributed by atoms with E-state index in [0.717, 1.165) is 5.56 Å². The van der Waals surface area contributed by atoms with Gasteiger partial charge in [0.05, 0.1) is 0 Å². The summed E-state index contributed by atoms with van der Waals surface area (Å²) < 4.78 is 10.4. The van der Waals surface area contributed by atoms with Crippen LogP contribution in [0, 0.1) is 0 Å². The second kappa shape index (κ2) is 10.1. The van der Waals surface area contributed by atoms with Crippen LogP contribution in [0.1, 0.15) is 36.2 Å². The third-order valence-corrected chi connectivity index (χ3v) is 3.84. The zero-order valence-corrected chi connectivity index (χ0v) is 15.4. The van der Waals surface area contributed by atoms with Crippen LogP contribution >= 0.6 is 0 Å². The summed E-state index contributed by atoms with van der Waals surface area (Å²) in [5.41, 5.74) is 1.55. The molecular weight excluding hydrogens is 346 g/mol. The van der Waals surface area contributed by atoms with Crippen LogP contribution in [-0.4, -0.2) is 30.4 Å². The fourth-order valence-electron chi connectivity index (χ4n) is 2.30. The Morgan fingerprint density at radius 3 is 2.30 bits per heavy atom. The summed E-state index contributed by atoms with van der Waals surface area (Å²) in [6, 6.07) is 16.0. The number of rotatable bonds is 9. The molecule has 0 radical (unpaired) electrons. The molecule has 2 aromatic carbocycles. The monoisotopic (exact) mass is 369 g/mol. The van der Waals surface area contributed by atoms with E-state index in [9.17, 15) is 14.4 Å². The molecule has 0 aliphatic carbocycles. The normalized spacial score (nSPS) is 11.3. The number of carbonyl (C=O) groups excluding carboxylic acids is 3. The van der Waals surface area contributed by atoms with Crippen molar-refractivity contribution in [3.05, 3.63) is 65.7 Å². The molecule has 27 heavy (non-hydrogen) atoms. The molecule has 1 atom stereocenters.